The average Bonchev–Trinajstić information content (AvgIpc) is 3.00. The second-order valence-electron chi connectivity index (χ2n) is 4.75. The van der Waals surface area contributed by atoms with Gasteiger partial charge in [-0.1, -0.05) is 0 Å². The van der Waals surface area contributed by atoms with Gasteiger partial charge in [0, 0.05) is 16.8 Å². The fourth-order valence-electron chi connectivity index (χ4n) is 2.10. The molecule has 2 heterocycles. The number of nitrogens with zero attached hydrogens (tertiary/aromatic N) is 1. The Balaban J connectivity index is 1.79. The summed E-state index contributed by atoms with van der Waals surface area (Å²) in [5.74, 6) is -0.120. The molecule has 0 atom stereocenters. The van der Waals surface area contributed by atoms with Crippen LogP contribution in [0.25, 0.3) is 0 Å². The highest BCUT2D eigenvalue weighted by Crippen LogP contribution is 2.25. The van der Waals surface area contributed by atoms with Crippen LogP contribution in [0.5, 0.6) is 0 Å². The number of hydrogen-bond acceptors (Lipinski definition) is 5. The maximum absolute atomic E-state index is 12.3. The van der Waals surface area contributed by atoms with Gasteiger partial charge in [-0.05, 0) is 30.7 Å². The number of aryl methyl sites for hydroxylation is 1. The number of hydrogen-bond donors (Lipinski definition) is 2. The molecule has 2 N–H and O–H groups in total. The third-order valence-corrected chi connectivity index (χ3v) is 5.46. The zero-order valence-corrected chi connectivity index (χ0v) is 12.8. The summed E-state index contributed by atoms with van der Waals surface area (Å²) in [7, 11) is -3.61. The zero-order valence-electron chi connectivity index (χ0n) is 11.2. The number of benzene rings is 1. The molecule has 1 amide bonds. The lowest BCUT2D eigenvalue weighted by molar-refractivity contribution is -0.115. The van der Waals surface area contributed by atoms with Crippen molar-refractivity contribution in [1.29, 1.82) is 0 Å². The molecule has 0 bridgehead atoms. The molecule has 1 aromatic carbocycles. The largest absolute Gasteiger partial charge is 0.326 e. The van der Waals surface area contributed by atoms with E-state index in [0.29, 0.717) is 16.3 Å². The van der Waals surface area contributed by atoms with Gasteiger partial charge in [0.25, 0.3) is 0 Å². The van der Waals surface area contributed by atoms with Gasteiger partial charge in [0.2, 0.25) is 15.9 Å². The van der Waals surface area contributed by atoms with Crippen LogP contribution in [0.3, 0.4) is 0 Å². The van der Waals surface area contributed by atoms with Gasteiger partial charge in [-0.25, -0.2) is 18.1 Å². The Morgan fingerprint density at radius 2 is 2.24 bits per heavy atom. The van der Waals surface area contributed by atoms with Gasteiger partial charge in [-0.3, -0.25) is 4.79 Å². The molecule has 3 rings (SSSR count). The van der Waals surface area contributed by atoms with E-state index in [-0.39, 0.29) is 23.8 Å². The van der Waals surface area contributed by atoms with E-state index >= 15 is 0 Å². The summed E-state index contributed by atoms with van der Waals surface area (Å²) in [4.78, 5) is 15.7. The maximum Gasteiger partial charge on any atom is 0.240 e. The molecule has 0 saturated carbocycles. The fourth-order valence-corrected chi connectivity index (χ4v) is 3.94. The van der Waals surface area contributed by atoms with Crippen molar-refractivity contribution in [2.24, 2.45) is 0 Å². The van der Waals surface area contributed by atoms with E-state index in [0.717, 1.165) is 5.69 Å². The Hall–Kier alpha value is -1.77. The smallest absolute Gasteiger partial charge is 0.240 e. The molecule has 0 radical (unpaired) electrons. The fraction of sp³-hybridized carbons (Fsp3) is 0.231. The summed E-state index contributed by atoms with van der Waals surface area (Å²) < 4.78 is 27.0. The van der Waals surface area contributed by atoms with Gasteiger partial charge in [-0.2, -0.15) is 0 Å². The SMILES string of the molecule is Cc1csc(CNS(=O)(=O)c2ccc3c(c2)CC(=O)N3)n1. The van der Waals surface area contributed by atoms with Crippen LogP contribution in [-0.2, 0) is 27.8 Å². The first-order chi connectivity index (χ1) is 9.94. The molecule has 0 unspecified atom stereocenters. The van der Waals surface area contributed by atoms with Crippen LogP contribution in [0.1, 0.15) is 16.3 Å². The van der Waals surface area contributed by atoms with Gasteiger partial charge in [0.1, 0.15) is 5.01 Å². The van der Waals surface area contributed by atoms with Crippen LogP contribution in [0.2, 0.25) is 0 Å². The highest BCUT2D eigenvalue weighted by atomic mass is 32.2. The number of fused-ring (bicyclic) bond motifs is 1. The quantitative estimate of drug-likeness (QED) is 0.891. The molecule has 0 aliphatic carbocycles. The minimum Gasteiger partial charge on any atom is -0.326 e. The van der Waals surface area contributed by atoms with Crippen LogP contribution in [0.15, 0.2) is 28.5 Å². The molecule has 6 nitrogen and oxygen atoms in total. The lowest BCUT2D eigenvalue weighted by Gasteiger charge is -2.07. The molecule has 1 aliphatic heterocycles. The third-order valence-electron chi connectivity index (χ3n) is 3.09. The third kappa shape index (κ3) is 2.97. The molecule has 0 fully saturated rings. The summed E-state index contributed by atoms with van der Waals surface area (Å²) >= 11 is 1.41. The van der Waals surface area contributed by atoms with Crippen molar-refractivity contribution in [2.45, 2.75) is 24.8 Å². The Morgan fingerprint density at radius 1 is 1.43 bits per heavy atom. The summed E-state index contributed by atoms with van der Waals surface area (Å²) in [6.07, 6.45) is 0.213. The standard InChI is InChI=1S/C13H13N3O3S2/c1-8-7-20-13(15-8)6-14-21(18,19)10-2-3-11-9(4-10)5-12(17)16-11/h2-4,7,14H,5-6H2,1H3,(H,16,17). The van der Waals surface area contributed by atoms with Gasteiger partial charge >= 0.3 is 0 Å². The highest BCUT2D eigenvalue weighted by Gasteiger charge is 2.21. The van der Waals surface area contributed by atoms with Gasteiger partial charge in [0.05, 0.1) is 17.9 Å². The molecule has 0 spiro atoms. The normalized spacial score (nSPS) is 14.0. The van der Waals surface area contributed by atoms with Crippen molar-refractivity contribution in [3.8, 4) is 0 Å². The maximum atomic E-state index is 12.3. The average molecular weight is 323 g/mol. The molecule has 21 heavy (non-hydrogen) atoms. The van der Waals surface area contributed by atoms with Crippen molar-refractivity contribution in [2.75, 3.05) is 5.32 Å². The van der Waals surface area contributed by atoms with E-state index in [1.807, 2.05) is 12.3 Å². The lowest BCUT2D eigenvalue weighted by atomic mass is 10.2. The predicted molar refractivity (Wildman–Crippen MR) is 79.7 cm³/mol. The van der Waals surface area contributed by atoms with E-state index in [4.69, 9.17) is 0 Å². The molecule has 1 aliphatic rings. The van der Waals surface area contributed by atoms with E-state index < -0.39 is 10.0 Å². The van der Waals surface area contributed by atoms with E-state index in [1.165, 1.54) is 23.5 Å². The first-order valence-electron chi connectivity index (χ1n) is 6.27. The van der Waals surface area contributed by atoms with Crippen molar-refractivity contribution in [1.82, 2.24) is 9.71 Å². The number of sulfonamides is 1. The van der Waals surface area contributed by atoms with Crippen LogP contribution >= 0.6 is 11.3 Å². The zero-order chi connectivity index (χ0) is 15.0. The Morgan fingerprint density at radius 3 is 2.95 bits per heavy atom. The minimum absolute atomic E-state index is 0.120. The van der Waals surface area contributed by atoms with Gasteiger partial charge < -0.3 is 5.32 Å². The second kappa shape index (κ2) is 5.21. The van der Waals surface area contributed by atoms with Gasteiger partial charge in [0.15, 0.2) is 0 Å². The number of anilines is 1. The molecule has 1 aromatic heterocycles. The van der Waals surface area contributed by atoms with Crippen LogP contribution in [0, 0.1) is 6.92 Å². The summed E-state index contributed by atoms with van der Waals surface area (Å²) in [6.45, 7) is 2.02. The second-order valence-corrected chi connectivity index (χ2v) is 7.46. The first-order valence-corrected chi connectivity index (χ1v) is 8.64. The first kappa shape index (κ1) is 14.2. The Bertz CT molecular complexity index is 812. The van der Waals surface area contributed by atoms with Crippen molar-refractivity contribution < 1.29 is 13.2 Å². The van der Waals surface area contributed by atoms with Crippen molar-refractivity contribution in [3.05, 3.63) is 39.8 Å². The van der Waals surface area contributed by atoms with E-state index in [1.54, 1.807) is 6.07 Å². The Kier molecular flexibility index (Phi) is 3.52. The number of rotatable bonds is 4. The number of aromatic nitrogens is 1. The molecular formula is C13H13N3O3S2. The van der Waals surface area contributed by atoms with Crippen LogP contribution in [-0.4, -0.2) is 19.3 Å². The van der Waals surface area contributed by atoms with Crippen molar-refractivity contribution >= 4 is 33.0 Å². The van der Waals surface area contributed by atoms with Gasteiger partial charge in [-0.15, -0.1) is 11.3 Å². The summed E-state index contributed by atoms with van der Waals surface area (Å²) in [5.41, 5.74) is 2.25. The highest BCUT2D eigenvalue weighted by molar-refractivity contribution is 7.89. The van der Waals surface area contributed by atoms with Crippen molar-refractivity contribution in [3.63, 3.8) is 0 Å². The molecule has 8 heteroatoms. The van der Waals surface area contributed by atoms with Crippen LogP contribution < -0.4 is 10.0 Å². The molecule has 0 saturated heterocycles. The number of amides is 1. The number of carbonyl (C=O) groups excluding carboxylic acids is 1. The van der Waals surface area contributed by atoms with E-state index in [2.05, 4.69) is 15.0 Å². The predicted octanol–water partition coefficient (Wildman–Crippen LogP) is 1.42. The molecule has 2 aromatic rings. The minimum atomic E-state index is -3.61. The molecule has 110 valence electrons. The molecular weight excluding hydrogens is 310 g/mol. The number of thiazole rings is 1. The van der Waals surface area contributed by atoms with Crippen LogP contribution in [0.4, 0.5) is 5.69 Å². The number of carbonyl (C=O) groups is 1. The number of nitrogens with one attached hydrogen (secondary N) is 2. The monoisotopic (exact) mass is 323 g/mol. The summed E-state index contributed by atoms with van der Waals surface area (Å²) in [6, 6.07) is 4.63. The summed E-state index contributed by atoms with van der Waals surface area (Å²) in [5, 5.41) is 5.26. The Labute approximate surface area is 126 Å². The topological polar surface area (TPSA) is 88.2 Å². The van der Waals surface area contributed by atoms with E-state index in [9.17, 15) is 13.2 Å². The lowest BCUT2D eigenvalue weighted by Crippen LogP contribution is -2.23.